The van der Waals surface area contributed by atoms with Crippen LogP contribution < -0.4 is 11.1 Å². The molecule has 1 rings (SSSR count). The van der Waals surface area contributed by atoms with Crippen molar-refractivity contribution in [2.24, 2.45) is 11.1 Å². The first-order valence-electron chi connectivity index (χ1n) is 5.87. The lowest BCUT2D eigenvalue weighted by Crippen LogP contribution is -2.53. The number of thiophene rings is 1. The Balaban J connectivity index is 2.59. The SMILES string of the molecule is C[C@H](Cc1ccsc1)N[C@H](C(N)=O)C(C)(C)C. The molecule has 0 saturated heterocycles. The first kappa shape index (κ1) is 14.2. The third kappa shape index (κ3) is 4.48. The van der Waals surface area contributed by atoms with Crippen LogP contribution in [0.15, 0.2) is 16.8 Å². The lowest BCUT2D eigenvalue weighted by molar-refractivity contribution is -0.122. The molecule has 1 amide bonds. The molecule has 1 aromatic rings. The Bertz CT molecular complexity index is 354. The van der Waals surface area contributed by atoms with Gasteiger partial charge >= 0.3 is 0 Å². The minimum atomic E-state index is -0.295. The first-order valence-corrected chi connectivity index (χ1v) is 6.81. The highest BCUT2D eigenvalue weighted by molar-refractivity contribution is 7.07. The standard InChI is InChI=1S/C13H22N2OS/c1-9(7-10-5-6-17-8-10)15-11(12(14)16)13(2,3)4/h5-6,8-9,11,15H,7H2,1-4H3,(H2,14,16)/t9-,11-/m1/s1. The molecule has 0 unspecified atom stereocenters. The highest BCUT2D eigenvalue weighted by Crippen LogP contribution is 2.20. The van der Waals surface area contributed by atoms with Crippen LogP contribution in [0.25, 0.3) is 0 Å². The fraction of sp³-hybridized carbons (Fsp3) is 0.615. The van der Waals surface area contributed by atoms with E-state index in [1.807, 2.05) is 20.8 Å². The molecule has 0 aromatic carbocycles. The Morgan fingerprint density at radius 2 is 2.18 bits per heavy atom. The summed E-state index contributed by atoms with van der Waals surface area (Å²) in [5.74, 6) is -0.283. The van der Waals surface area contributed by atoms with Gasteiger partial charge in [0, 0.05) is 6.04 Å². The van der Waals surface area contributed by atoms with Crippen molar-refractivity contribution >= 4 is 17.2 Å². The zero-order valence-electron chi connectivity index (χ0n) is 11.0. The zero-order chi connectivity index (χ0) is 13.1. The van der Waals surface area contributed by atoms with E-state index in [2.05, 4.69) is 29.1 Å². The maximum atomic E-state index is 11.4. The normalized spacial score (nSPS) is 15.5. The van der Waals surface area contributed by atoms with E-state index >= 15 is 0 Å². The van der Waals surface area contributed by atoms with Crippen LogP contribution >= 0.6 is 11.3 Å². The average Bonchev–Trinajstić information content (AvgIpc) is 2.64. The molecule has 0 fully saturated rings. The predicted molar refractivity (Wildman–Crippen MR) is 73.1 cm³/mol. The molecule has 0 saturated carbocycles. The van der Waals surface area contributed by atoms with Gasteiger partial charge in [-0.2, -0.15) is 11.3 Å². The van der Waals surface area contributed by atoms with Crippen LogP contribution in [0.3, 0.4) is 0 Å². The summed E-state index contributed by atoms with van der Waals surface area (Å²) in [5, 5.41) is 7.53. The van der Waals surface area contributed by atoms with Crippen molar-refractivity contribution in [3.63, 3.8) is 0 Å². The number of hydrogen-bond acceptors (Lipinski definition) is 3. The van der Waals surface area contributed by atoms with E-state index in [4.69, 9.17) is 5.73 Å². The van der Waals surface area contributed by atoms with E-state index in [0.717, 1.165) is 6.42 Å². The van der Waals surface area contributed by atoms with Gasteiger partial charge in [-0.25, -0.2) is 0 Å². The molecular weight excluding hydrogens is 232 g/mol. The summed E-state index contributed by atoms with van der Waals surface area (Å²) in [6.45, 7) is 8.14. The highest BCUT2D eigenvalue weighted by atomic mass is 32.1. The molecule has 1 aromatic heterocycles. The van der Waals surface area contributed by atoms with Gasteiger partial charge in [-0.3, -0.25) is 4.79 Å². The quantitative estimate of drug-likeness (QED) is 0.846. The molecular formula is C13H22N2OS. The Hall–Kier alpha value is -0.870. The van der Waals surface area contributed by atoms with Gasteiger partial charge in [-0.1, -0.05) is 20.8 Å². The van der Waals surface area contributed by atoms with Crippen molar-refractivity contribution in [1.82, 2.24) is 5.32 Å². The van der Waals surface area contributed by atoms with Gasteiger partial charge in [0.1, 0.15) is 0 Å². The van der Waals surface area contributed by atoms with Crippen LogP contribution in [0.1, 0.15) is 33.3 Å². The van der Waals surface area contributed by atoms with Crippen LogP contribution in [-0.2, 0) is 11.2 Å². The van der Waals surface area contributed by atoms with Gasteiger partial charge in [-0.15, -0.1) is 0 Å². The van der Waals surface area contributed by atoms with Crippen molar-refractivity contribution in [1.29, 1.82) is 0 Å². The van der Waals surface area contributed by atoms with Crippen molar-refractivity contribution in [2.45, 2.75) is 46.2 Å². The largest absolute Gasteiger partial charge is 0.368 e. The molecule has 17 heavy (non-hydrogen) atoms. The van der Waals surface area contributed by atoms with Crippen LogP contribution in [-0.4, -0.2) is 18.0 Å². The third-order valence-electron chi connectivity index (χ3n) is 2.72. The first-order chi connectivity index (χ1) is 7.80. The van der Waals surface area contributed by atoms with Crippen molar-refractivity contribution < 1.29 is 4.79 Å². The Labute approximate surface area is 107 Å². The van der Waals surface area contributed by atoms with Crippen LogP contribution in [0.4, 0.5) is 0 Å². The second-order valence-electron chi connectivity index (χ2n) is 5.60. The zero-order valence-corrected chi connectivity index (χ0v) is 11.8. The Kier molecular flexibility index (Phi) is 4.71. The van der Waals surface area contributed by atoms with E-state index in [-0.39, 0.29) is 23.4 Å². The second kappa shape index (κ2) is 5.65. The minimum Gasteiger partial charge on any atom is -0.368 e. The number of nitrogens with one attached hydrogen (secondary N) is 1. The summed E-state index contributed by atoms with van der Waals surface area (Å²) < 4.78 is 0. The molecule has 4 heteroatoms. The summed E-state index contributed by atoms with van der Waals surface area (Å²) in [6, 6.07) is 2.05. The second-order valence-corrected chi connectivity index (χ2v) is 6.38. The topological polar surface area (TPSA) is 55.1 Å². The van der Waals surface area contributed by atoms with E-state index in [1.165, 1.54) is 5.56 Å². The van der Waals surface area contributed by atoms with Gasteiger partial charge in [0.2, 0.25) is 5.91 Å². The van der Waals surface area contributed by atoms with Gasteiger partial charge in [0.05, 0.1) is 6.04 Å². The number of rotatable bonds is 5. The van der Waals surface area contributed by atoms with E-state index in [1.54, 1.807) is 11.3 Å². The number of carbonyl (C=O) groups excluding carboxylic acids is 1. The number of amides is 1. The molecule has 0 bridgehead atoms. The molecule has 1 heterocycles. The monoisotopic (exact) mass is 254 g/mol. The number of nitrogens with two attached hydrogens (primary N) is 1. The van der Waals surface area contributed by atoms with Crippen molar-refractivity contribution in [3.8, 4) is 0 Å². The number of hydrogen-bond donors (Lipinski definition) is 2. The average molecular weight is 254 g/mol. The van der Waals surface area contributed by atoms with Gasteiger partial charge < -0.3 is 11.1 Å². The van der Waals surface area contributed by atoms with E-state index in [9.17, 15) is 4.79 Å². The highest BCUT2D eigenvalue weighted by Gasteiger charge is 2.30. The summed E-state index contributed by atoms with van der Waals surface area (Å²) >= 11 is 1.69. The van der Waals surface area contributed by atoms with Gasteiger partial charge in [0.15, 0.2) is 0 Å². The summed E-state index contributed by atoms with van der Waals surface area (Å²) in [4.78, 5) is 11.4. The lowest BCUT2D eigenvalue weighted by atomic mass is 9.85. The summed E-state index contributed by atoms with van der Waals surface area (Å²) in [5.41, 5.74) is 6.59. The van der Waals surface area contributed by atoms with Crippen molar-refractivity contribution in [2.75, 3.05) is 0 Å². The molecule has 0 aliphatic carbocycles. The maximum Gasteiger partial charge on any atom is 0.235 e. The summed E-state index contributed by atoms with van der Waals surface area (Å²) in [7, 11) is 0. The van der Waals surface area contributed by atoms with Gasteiger partial charge in [-0.05, 0) is 41.1 Å². The molecule has 2 atom stereocenters. The minimum absolute atomic E-state index is 0.158. The maximum absolute atomic E-state index is 11.4. The predicted octanol–water partition coefficient (Wildman–Crippen LogP) is 2.17. The molecule has 3 nitrogen and oxygen atoms in total. The summed E-state index contributed by atoms with van der Waals surface area (Å²) in [6.07, 6.45) is 0.920. The van der Waals surface area contributed by atoms with E-state index in [0.29, 0.717) is 0 Å². The van der Waals surface area contributed by atoms with Crippen molar-refractivity contribution in [3.05, 3.63) is 22.4 Å². The van der Waals surface area contributed by atoms with Crippen LogP contribution in [0.2, 0.25) is 0 Å². The van der Waals surface area contributed by atoms with Gasteiger partial charge in [0.25, 0.3) is 0 Å². The Morgan fingerprint density at radius 1 is 1.53 bits per heavy atom. The van der Waals surface area contributed by atoms with E-state index < -0.39 is 0 Å². The fourth-order valence-electron chi connectivity index (χ4n) is 1.86. The molecule has 3 N–H and O–H groups in total. The number of primary amides is 1. The Morgan fingerprint density at radius 3 is 2.59 bits per heavy atom. The van der Waals surface area contributed by atoms with Crippen LogP contribution in [0.5, 0.6) is 0 Å². The van der Waals surface area contributed by atoms with Crippen LogP contribution in [0, 0.1) is 5.41 Å². The molecule has 0 radical (unpaired) electrons. The molecule has 0 spiro atoms. The molecule has 0 aliphatic rings. The molecule has 0 aliphatic heterocycles. The fourth-order valence-corrected chi connectivity index (χ4v) is 2.55. The smallest absolute Gasteiger partial charge is 0.235 e. The lowest BCUT2D eigenvalue weighted by Gasteiger charge is -2.31. The number of carbonyl (C=O) groups is 1. The third-order valence-corrected chi connectivity index (χ3v) is 3.46. The molecule has 96 valence electrons.